The van der Waals surface area contributed by atoms with Crippen LogP contribution in [-0.4, -0.2) is 36.4 Å². The third-order valence-corrected chi connectivity index (χ3v) is 11.9. The quantitative estimate of drug-likeness (QED) is 0.0653. The molecule has 1 N–H and O–H groups in total. The van der Waals surface area contributed by atoms with Crippen LogP contribution in [0, 0.1) is 0 Å². The fourth-order valence-electron chi connectivity index (χ4n) is 8.20. The molecule has 7 heteroatoms. The zero-order valence-electron chi connectivity index (χ0n) is 33.8. The summed E-state index contributed by atoms with van der Waals surface area (Å²) in [6.45, 7) is 6.95. The second-order valence-corrected chi connectivity index (χ2v) is 16.7. The van der Waals surface area contributed by atoms with E-state index in [1.54, 1.807) is 0 Å². The van der Waals surface area contributed by atoms with Crippen LogP contribution in [0.4, 0.5) is 22.7 Å². The van der Waals surface area contributed by atoms with Crippen LogP contribution in [0.3, 0.4) is 0 Å². The van der Waals surface area contributed by atoms with Crippen LogP contribution in [0.15, 0.2) is 164 Å². The van der Waals surface area contributed by atoms with Crippen molar-refractivity contribution in [1.82, 2.24) is 4.57 Å². The normalized spacial score (nSPS) is 11.7. The predicted octanol–water partition coefficient (Wildman–Crippen LogP) is 13.0. The zero-order valence-corrected chi connectivity index (χ0v) is 34.6. The minimum Gasteiger partial charge on any atom is -0.341 e. The lowest BCUT2D eigenvalue weighted by Crippen LogP contribution is -2.18. The molecule has 1 aromatic heterocycles. The molecule has 0 fully saturated rings. The first-order valence-electron chi connectivity index (χ1n) is 20.8. The number of anilines is 4. The Hall–Kier alpha value is -5.63. The number of hydrogen-bond acceptors (Lipinski definition) is 4. The van der Waals surface area contributed by atoms with Crippen molar-refractivity contribution in [2.75, 3.05) is 28.6 Å². The maximum absolute atomic E-state index is 11.7. The van der Waals surface area contributed by atoms with Gasteiger partial charge in [0.2, 0.25) is 0 Å². The number of aromatic nitrogens is 1. The van der Waals surface area contributed by atoms with E-state index in [1.165, 1.54) is 28.1 Å². The Morgan fingerprint density at radius 3 is 1.47 bits per heavy atom. The molecule has 1 heterocycles. The number of unbranched alkanes of at least 4 members (excludes halogenated alkanes) is 3. The summed E-state index contributed by atoms with van der Waals surface area (Å²) in [6, 6.07) is 58.8. The lowest BCUT2D eigenvalue weighted by molar-refractivity contribution is 0.478. The minimum absolute atomic E-state index is 0.121. The highest BCUT2D eigenvalue weighted by Gasteiger charge is 2.28. The Labute approximate surface area is 345 Å². The van der Waals surface area contributed by atoms with Crippen LogP contribution in [0.2, 0.25) is 0 Å². The Kier molecular flexibility index (Phi) is 13.4. The molecule has 0 bridgehead atoms. The first kappa shape index (κ1) is 40.6. The van der Waals surface area contributed by atoms with Gasteiger partial charge in [-0.25, -0.2) is 0 Å². The molecule has 0 aliphatic carbocycles. The van der Waals surface area contributed by atoms with Gasteiger partial charge in [-0.1, -0.05) is 136 Å². The van der Waals surface area contributed by atoms with E-state index in [4.69, 9.17) is 0 Å². The average molecular weight is 790 g/mol. The first-order valence-corrected chi connectivity index (χ1v) is 22.4. The Morgan fingerprint density at radius 2 is 0.983 bits per heavy atom. The molecule has 298 valence electrons. The molecule has 58 heavy (non-hydrogen) atoms. The largest absolute Gasteiger partial charge is 0.341 e. The van der Waals surface area contributed by atoms with Crippen LogP contribution in [0.25, 0.3) is 22.2 Å². The molecule has 0 aliphatic rings. The number of rotatable bonds is 19. The number of benzene rings is 6. The van der Waals surface area contributed by atoms with Crippen molar-refractivity contribution in [3.8, 4) is 11.3 Å². The summed E-state index contributed by atoms with van der Waals surface area (Å²) in [5, 5.41) is 1.16. The van der Waals surface area contributed by atoms with Crippen LogP contribution < -0.4 is 9.80 Å². The molecule has 0 radical (unpaired) electrons. The summed E-state index contributed by atoms with van der Waals surface area (Å²) in [7, 11) is -4.05. The lowest BCUT2D eigenvalue weighted by Gasteiger charge is -2.27. The number of nitrogens with zero attached hydrogens (tertiary/aromatic N) is 3. The van der Waals surface area contributed by atoms with Crippen molar-refractivity contribution in [2.24, 2.45) is 0 Å². The van der Waals surface area contributed by atoms with Crippen molar-refractivity contribution in [1.29, 1.82) is 0 Å². The molecule has 0 spiro atoms. The maximum atomic E-state index is 11.7. The number of fused-ring (bicyclic) bond motifs is 1. The van der Waals surface area contributed by atoms with E-state index in [2.05, 4.69) is 186 Å². The summed E-state index contributed by atoms with van der Waals surface area (Å²) in [5.74, 6) is -0.374. The molecule has 6 nitrogen and oxygen atoms in total. The van der Waals surface area contributed by atoms with Gasteiger partial charge >= 0.3 is 0 Å². The smallest absolute Gasteiger partial charge is 0.264 e. The number of hydrogen-bond donors (Lipinski definition) is 1. The molecule has 0 amide bonds. The summed E-state index contributed by atoms with van der Waals surface area (Å²) in [5.41, 5.74) is 11.6. The molecule has 0 atom stereocenters. The third kappa shape index (κ3) is 9.55. The Bertz CT molecular complexity index is 2350. The van der Waals surface area contributed by atoms with Crippen LogP contribution >= 0.6 is 0 Å². The molecule has 0 saturated heterocycles. The molecule has 7 rings (SSSR count). The molecular weight excluding hydrogens is 735 g/mol. The number of aryl methyl sites for hydroxylation is 1. The molecule has 0 saturated carbocycles. The van der Waals surface area contributed by atoms with Crippen LogP contribution in [-0.2, 0) is 16.7 Å². The van der Waals surface area contributed by atoms with E-state index in [1.807, 2.05) is 6.07 Å². The number of para-hydroxylation sites is 3. The minimum atomic E-state index is -4.05. The van der Waals surface area contributed by atoms with Crippen molar-refractivity contribution in [2.45, 2.75) is 64.8 Å². The summed E-state index contributed by atoms with van der Waals surface area (Å²) >= 11 is 0. The van der Waals surface area contributed by atoms with Gasteiger partial charge in [-0.2, -0.15) is 8.42 Å². The Morgan fingerprint density at radius 1 is 0.534 bits per heavy atom. The topological polar surface area (TPSA) is 65.8 Å². The SMILES string of the molecule is CCCCN(c1ccccc1)c1ccc(C(c2ccc(N(CCCC)c3ccccc3)cc2)c2c(-c3ccccc3)n(CCCCS(=O)(=O)O)c3ccccc23)cc1. The van der Waals surface area contributed by atoms with Gasteiger partial charge in [0, 0.05) is 59.2 Å². The Balaban J connectivity index is 1.40. The summed E-state index contributed by atoms with van der Waals surface area (Å²) in [6.07, 6.45) is 5.38. The summed E-state index contributed by atoms with van der Waals surface area (Å²) in [4.78, 5) is 4.83. The predicted molar refractivity (Wildman–Crippen MR) is 244 cm³/mol. The van der Waals surface area contributed by atoms with Gasteiger partial charge in [0.1, 0.15) is 0 Å². The van der Waals surface area contributed by atoms with Crippen LogP contribution in [0.5, 0.6) is 0 Å². The van der Waals surface area contributed by atoms with E-state index in [0.717, 1.165) is 72.3 Å². The van der Waals surface area contributed by atoms with Gasteiger partial charge in [-0.3, -0.25) is 4.55 Å². The highest BCUT2D eigenvalue weighted by atomic mass is 32.2. The van der Waals surface area contributed by atoms with Crippen LogP contribution in [0.1, 0.15) is 75.0 Å². The van der Waals surface area contributed by atoms with Crippen molar-refractivity contribution < 1.29 is 13.0 Å². The third-order valence-electron chi connectivity index (χ3n) is 11.1. The van der Waals surface area contributed by atoms with Gasteiger partial charge < -0.3 is 14.4 Å². The van der Waals surface area contributed by atoms with Gasteiger partial charge in [0.05, 0.1) is 11.4 Å². The standard InChI is InChI=1S/C51H55N3O3S/c1-3-5-36-52(43-22-12-8-13-23-43)45-32-28-40(29-33-45)49(41-30-34-46(35-31-41)53(37-6-4-2)44-24-14-9-15-25-44)50-47-26-16-17-27-48(47)54(38-18-19-39-58(55,56)57)51(50)42-20-10-7-11-21-42/h7-17,20-35,49H,3-6,18-19,36-39H2,1-2H3,(H,55,56,57). The van der Waals surface area contributed by atoms with E-state index >= 15 is 0 Å². The monoisotopic (exact) mass is 789 g/mol. The second kappa shape index (κ2) is 19.2. The van der Waals surface area contributed by atoms with Gasteiger partial charge in [-0.15, -0.1) is 0 Å². The van der Waals surface area contributed by atoms with Crippen molar-refractivity contribution >= 4 is 43.8 Å². The maximum Gasteiger partial charge on any atom is 0.264 e. The molecule has 6 aromatic carbocycles. The highest BCUT2D eigenvalue weighted by Crippen LogP contribution is 2.45. The van der Waals surface area contributed by atoms with Gasteiger partial charge in [-0.05, 0) is 103 Å². The van der Waals surface area contributed by atoms with E-state index in [-0.39, 0.29) is 11.7 Å². The second-order valence-electron chi connectivity index (χ2n) is 15.1. The molecule has 0 unspecified atom stereocenters. The molecule has 0 aliphatic heterocycles. The van der Waals surface area contributed by atoms with Gasteiger partial charge in [0.15, 0.2) is 0 Å². The fraction of sp³-hybridized carbons (Fsp3) is 0.255. The molecule has 7 aromatic rings. The van der Waals surface area contributed by atoms with E-state index < -0.39 is 10.1 Å². The van der Waals surface area contributed by atoms with E-state index in [0.29, 0.717) is 19.4 Å². The first-order chi connectivity index (χ1) is 28.4. The fourth-order valence-corrected chi connectivity index (χ4v) is 8.77. The van der Waals surface area contributed by atoms with Gasteiger partial charge in [0.25, 0.3) is 10.1 Å². The lowest BCUT2D eigenvalue weighted by atomic mass is 9.82. The zero-order chi connectivity index (χ0) is 40.3. The van der Waals surface area contributed by atoms with Crippen molar-refractivity contribution in [3.63, 3.8) is 0 Å². The highest BCUT2D eigenvalue weighted by molar-refractivity contribution is 7.85. The van der Waals surface area contributed by atoms with Crippen molar-refractivity contribution in [3.05, 3.63) is 180 Å². The summed E-state index contributed by atoms with van der Waals surface area (Å²) < 4.78 is 35.3. The average Bonchev–Trinajstić information content (AvgIpc) is 3.58. The molecular formula is C51H55N3O3S. The van der Waals surface area contributed by atoms with E-state index in [9.17, 15) is 13.0 Å².